The molecule has 0 bridgehead atoms. The molecular formula is C14H20FN3O. The average molecular weight is 265 g/mol. The molecule has 104 valence electrons. The predicted octanol–water partition coefficient (Wildman–Crippen LogP) is 2.96. The van der Waals surface area contributed by atoms with E-state index in [1.165, 1.54) is 6.07 Å². The maximum atomic E-state index is 13.7. The molecule has 1 aliphatic heterocycles. The molecule has 2 amide bonds. The van der Waals surface area contributed by atoms with Crippen LogP contribution in [0.4, 0.5) is 20.6 Å². The number of nitrogens with zero attached hydrogens (tertiary/aromatic N) is 1. The fraction of sp³-hybridized carbons (Fsp3) is 0.500. The molecule has 1 aromatic rings. The molecule has 5 heteroatoms. The average Bonchev–Trinajstić information content (AvgIpc) is 2.93. The molecule has 0 spiro atoms. The Hall–Kier alpha value is -1.78. The summed E-state index contributed by atoms with van der Waals surface area (Å²) < 4.78 is 13.7. The Morgan fingerprint density at radius 2 is 2.11 bits per heavy atom. The van der Waals surface area contributed by atoms with E-state index in [0.29, 0.717) is 6.54 Å². The van der Waals surface area contributed by atoms with E-state index in [0.717, 1.165) is 38.0 Å². The largest absolute Gasteiger partial charge is 0.371 e. The van der Waals surface area contributed by atoms with Gasteiger partial charge in [0.1, 0.15) is 5.82 Å². The van der Waals surface area contributed by atoms with Gasteiger partial charge in [-0.15, -0.1) is 0 Å². The Balaban J connectivity index is 2.06. The first-order valence-corrected chi connectivity index (χ1v) is 6.80. The summed E-state index contributed by atoms with van der Waals surface area (Å²) in [6.45, 7) is 4.54. The highest BCUT2D eigenvalue weighted by atomic mass is 19.1. The number of urea groups is 1. The third kappa shape index (κ3) is 3.59. The first-order valence-electron chi connectivity index (χ1n) is 6.80. The molecule has 0 aromatic heterocycles. The van der Waals surface area contributed by atoms with Crippen LogP contribution in [0.25, 0.3) is 0 Å². The molecule has 1 aromatic carbocycles. The molecule has 2 rings (SSSR count). The van der Waals surface area contributed by atoms with Gasteiger partial charge >= 0.3 is 6.03 Å². The third-order valence-electron chi connectivity index (χ3n) is 3.20. The van der Waals surface area contributed by atoms with E-state index < -0.39 is 5.82 Å². The van der Waals surface area contributed by atoms with Crippen LogP contribution in [-0.4, -0.2) is 25.7 Å². The summed E-state index contributed by atoms with van der Waals surface area (Å²) in [6.07, 6.45) is 3.18. The number of halogens is 1. The second-order valence-corrected chi connectivity index (χ2v) is 4.74. The first kappa shape index (κ1) is 13.6. The van der Waals surface area contributed by atoms with Gasteiger partial charge in [-0.05, 0) is 37.5 Å². The molecule has 0 saturated carbocycles. The highest BCUT2D eigenvalue weighted by Crippen LogP contribution is 2.25. The lowest BCUT2D eigenvalue weighted by Crippen LogP contribution is -2.29. The second-order valence-electron chi connectivity index (χ2n) is 4.74. The number of hydrogen-bond donors (Lipinski definition) is 2. The standard InChI is InChI=1S/C14H20FN3O/c1-2-7-16-14(19)17-13-10-11(5-6-12(13)15)18-8-3-4-9-18/h5-6,10H,2-4,7-9H2,1H3,(H2,16,17,19). The van der Waals surface area contributed by atoms with E-state index >= 15 is 0 Å². The highest BCUT2D eigenvalue weighted by Gasteiger charge is 2.14. The third-order valence-corrected chi connectivity index (χ3v) is 3.20. The van der Waals surface area contributed by atoms with Crippen LogP contribution in [0.15, 0.2) is 18.2 Å². The van der Waals surface area contributed by atoms with Crippen molar-refractivity contribution in [3.05, 3.63) is 24.0 Å². The summed E-state index contributed by atoms with van der Waals surface area (Å²) in [6, 6.07) is 4.50. The fourth-order valence-electron chi connectivity index (χ4n) is 2.19. The van der Waals surface area contributed by atoms with Crippen molar-refractivity contribution < 1.29 is 9.18 Å². The molecule has 2 N–H and O–H groups in total. The van der Waals surface area contributed by atoms with Crippen LogP contribution in [0.3, 0.4) is 0 Å². The van der Waals surface area contributed by atoms with Crippen molar-refractivity contribution in [3.8, 4) is 0 Å². The molecule has 4 nitrogen and oxygen atoms in total. The molecule has 0 radical (unpaired) electrons. The number of carbonyl (C=O) groups is 1. The van der Waals surface area contributed by atoms with Crippen LogP contribution < -0.4 is 15.5 Å². The van der Waals surface area contributed by atoms with Gasteiger partial charge in [-0.25, -0.2) is 9.18 Å². The van der Waals surface area contributed by atoms with E-state index in [2.05, 4.69) is 15.5 Å². The Bertz CT molecular complexity index is 444. The number of amides is 2. The minimum Gasteiger partial charge on any atom is -0.371 e. The topological polar surface area (TPSA) is 44.4 Å². The van der Waals surface area contributed by atoms with E-state index in [1.54, 1.807) is 12.1 Å². The molecule has 1 fully saturated rings. The van der Waals surface area contributed by atoms with Crippen LogP contribution in [0.2, 0.25) is 0 Å². The Labute approximate surface area is 113 Å². The second kappa shape index (κ2) is 6.41. The molecule has 0 unspecified atom stereocenters. The Morgan fingerprint density at radius 3 is 2.79 bits per heavy atom. The van der Waals surface area contributed by atoms with Crippen molar-refractivity contribution in [2.75, 3.05) is 29.9 Å². The zero-order chi connectivity index (χ0) is 13.7. The lowest BCUT2D eigenvalue weighted by atomic mass is 10.2. The Kier molecular flexibility index (Phi) is 4.60. The first-order chi connectivity index (χ1) is 9.20. The van der Waals surface area contributed by atoms with Gasteiger partial charge in [0.05, 0.1) is 5.69 Å². The van der Waals surface area contributed by atoms with Crippen molar-refractivity contribution >= 4 is 17.4 Å². The molecule has 1 saturated heterocycles. The van der Waals surface area contributed by atoms with Gasteiger partial charge in [0.25, 0.3) is 0 Å². The van der Waals surface area contributed by atoms with E-state index in [-0.39, 0.29) is 11.7 Å². The number of anilines is 2. The van der Waals surface area contributed by atoms with Gasteiger partial charge in [0.15, 0.2) is 0 Å². The van der Waals surface area contributed by atoms with Crippen LogP contribution >= 0.6 is 0 Å². The number of carbonyl (C=O) groups excluding carboxylic acids is 1. The maximum absolute atomic E-state index is 13.7. The van der Waals surface area contributed by atoms with Gasteiger partial charge in [-0.3, -0.25) is 0 Å². The molecule has 0 atom stereocenters. The van der Waals surface area contributed by atoms with Gasteiger partial charge in [-0.1, -0.05) is 6.92 Å². The molecule has 0 aliphatic carbocycles. The lowest BCUT2D eigenvalue weighted by molar-refractivity contribution is 0.252. The van der Waals surface area contributed by atoms with Crippen molar-refractivity contribution in [1.29, 1.82) is 0 Å². The van der Waals surface area contributed by atoms with Crippen LogP contribution in [0.5, 0.6) is 0 Å². The SMILES string of the molecule is CCCNC(=O)Nc1cc(N2CCCC2)ccc1F. The van der Waals surface area contributed by atoms with E-state index in [4.69, 9.17) is 0 Å². The van der Waals surface area contributed by atoms with Gasteiger partial charge in [0, 0.05) is 25.3 Å². The monoisotopic (exact) mass is 265 g/mol. The summed E-state index contributed by atoms with van der Waals surface area (Å²) in [5, 5.41) is 5.22. The quantitative estimate of drug-likeness (QED) is 0.879. The minimum atomic E-state index is -0.408. The van der Waals surface area contributed by atoms with Crippen molar-refractivity contribution in [3.63, 3.8) is 0 Å². The Morgan fingerprint density at radius 1 is 1.37 bits per heavy atom. The molecule has 1 heterocycles. The van der Waals surface area contributed by atoms with Crippen molar-refractivity contribution in [2.45, 2.75) is 26.2 Å². The maximum Gasteiger partial charge on any atom is 0.319 e. The van der Waals surface area contributed by atoms with Crippen LogP contribution in [-0.2, 0) is 0 Å². The van der Waals surface area contributed by atoms with E-state index in [1.807, 2.05) is 6.92 Å². The number of nitrogens with one attached hydrogen (secondary N) is 2. The van der Waals surface area contributed by atoms with Gasteiger partial charge in [-0.2, -0.15) is 0 Å². The van der Waals surface area contributed by atoms with Crippen molar-refractivity contribution in [1.82, 2.24) is 5.32 Å². The van der Waals surface area contributed by atoms with Crippen LogP contribution in [0.1, 0.15) is 26.2 Å². The molecule has 19 heavy (non-hydrogen) atoms. The van der Waals surface area contributed by atoms with Crippen molar-refractivity contribution in [2.24, 2.45) is 0 Å². The number of benzene rings is 1. The summed E-state index contributed by atoms with van der Waals surface area (Å²) in [5.74, 6) is -0.408. The normalized spacial score (nSPS) is 14.5. The van der Waals surface area contributed by atoms with Gasteiger partial charge < -0.3 is 15.5 Å². The molecular weight excluding hydrogens is 245 g/mol. The summed E-state index contributed by atoms with van der Waals surface area (Å²) in [4.78, 5) is 13.8. The predicted molar refractivity (Wildman–Crippen MR) is 75.2 cm³/mol. The lowest BCUT2D eigenvalue weighted by Gasteiger charge is -2.19. The zero-order valence-corrected chi connectivity index (χ0v) is 11.2. The highest BCUT2D eigenvalue weighted by molar-refractivity contribution is 5.90. The van der Waals surface area contributed by atoms with Crippen LogP contribution in [0, 0.1) is 5.82 Å². The zero-order valence-electron chi connectivity index (χ0n) is 11.2. The summed E-state index contributed by atoms with van der Waals surface area (Å²) in [7, 11) is 0. The summed E-state index contributed by atoms with van der Waals surface area (Å²) >= 11 is 0. The fourth-order valence-corrected chi connectivity index (χ4v) is 2.19. The smallest absolute Gasteiger partial charge is 0.319 e. The minimum absolute atomic E-state index is 0.234. The number of rotatable bonds is 4. The van der Waals surface area contributed by atoms with E-state index in [9.17, 15) is 9.18 Å². The number of hydrogen-bond acceptors (Lipinski definition) is 2. The summed E-state index contributed by atoms with van der Waals surface area (Å²) in [5.41, 5.74) is 1.20. The van der Waals surface area contributed by atoms with Gasteiger partial charge in [0.2, 0.25) is 0 Å². The molecule has 1 aliphatic rings.